The van der Waals surface area contributed by atoms with Crippen LogP contribution in [-0.2, 0) is 14.8 Å². The number of nitrogens with zero attached hydrogens (tertiary/aromatic N) is 2. The highest BCUT2D eigenvalue weighted by Gasteiger charge is 2.36. The van der Waals surface area contributed by atoms with Crippen molar-refractivity contribution >= 4 is 15.7 Å². The average Bonchev–Trinajstić information content (AvgIpc) is 2.84. The molecule has 1 aromatic heterocycles. The van der Waals surface area contributed by atoms with Gasteiger partial charge >= 0.3 is 0 Å². The maximum absolute atomic E-state index is 11.7. The zero-order valence-electron chi connectivity index (χ0n) is 9.37. The predicted octanol–water partition coefficient (Wildman–Crippen LogP) is 0.749. The van der Waals surface area contributed by atoms with Gasteiger partial charge in [-0.2, -0.15) is 5.10 Å². The summed E-state index contributed by atoms with van der Waals surface area (Å²) in [6, 6.07) is 0.231. The highest BCUT2D eigenvalue weighted by atomic mass is 32.2. The van der Waals surface area contributed by atoms with Gasteiger partial charge in [-0.3, -0.25) is 9.40 Å². The van der Waals surface area contributed by atoms with E-state index in [4.69, 9.17) is 4.74 Å². The maximum atomic E-state index is 11.7. The van der Waals surface area contributed by atoms with Gasteiger partial charge in [0.1, 0.15) is 0 Å². The van der Waals surface area contributed by atoms with E-state index < -0.39 is 10.0 Å². The van der Waals surface area contributed by atoms with Gasteiger partial charge in [0, 0.05) is 12.8 Å². The van der Waals surface area contributed by atoms with Crippen LogP contribution in [0.3, 0.4) is 0 Å². The third-order valence-electron chi connectivity index (χ3n) is 3.10. The summed E-state index contributed by atoms with van der Waals surface area (Å²) in [6.07, 6.45) is 5.74. The first kappa shape index (κ1) is 11.0. The maximum Gasteiger partial charge on any atom is 0.235 e. The van der Waals surface area contributed by atoms with Crippen molar-refractivity contribution in [2.24, 2.45) is 0 Å². The van der Waals surface area contributed by atoms with Gasteiger partial charge in [0.15, 0.2) is 0 Å². The molecular formula is C10H15N3O3S. The molecule has 0 aromatic carbocycles. The van der Waals surface area contributed by atoms with Gasteiger partial charge in [-0.05, 0) is 19.3 Å². The average molecular weight is 257 g/mol. The lowest BCUT2D eigenvalue weighted by molar-refractivity contribution is 0.184. The van der Waals surface area contributed by atoms with Crippen LogP contribution in [0.4, 0.5) is 5.69 Å². The molecule has 1 aliphatic heterocycles. The lowest BCUT2D eigenvalue weighted by Gasteiger charge is -2.07. The van der Waals surface area contributed by atoms with Crippen LogP contribution in [0.25, 0.3) is 0 Å². The molecule has 1 atom stereocenters. The second-order valence-corrected chi connectivity index (χ2v) is 6.53. The van der Waals surface area contributed by atoms with Crippen LogP contribution in [0.2, 0.25) is 0 Å². The summed E-state index contributed by atoms with van der Waals surface area (Å²) < 4.78 is 33.1. The molecule has 1 aromatic rings. The second kappa shape index (κ2) is 3.99. The molecule has 0 radical (unpaired) electrons. The first-order valence-corrected chi connectivity index (χ1v) is 7.33. The van der Waals surface area contributed by atoms with E-state index in [1.165, 1.54) is 0 Å². The molecule has 2 heterocycles. The van der Waals surface area contributed by atoms with E-state index in [1.807, 2.05) is 0 Å². The molecule has 0 unspecified atom stereocenters. The van der Waals surface area contributed by atoms with Gasteiger partial charge in [0.05, 0.1) is 29.8 Å². The Labute approximate surface area is 100 Å². The molecule has 6 nitrogen and oxygen atoms in total. The van der Waals surface area contributed by atoms with E-state index in [-0.39, 0.29) is 11.3 Å². The van der Waals surface area contributed by atoms with Crippen molar-refractivity contribution in [2.75, 3.05) is 17.9 Å². The summed E-state index contributed by atoms with van der Waals surface area (Å²) in [5.41, 5.74) is 0.545. The van der Waals surface area contributed by atoms with Crippen molar-refractivity contribution in [3.63, 3.8) is 0 Å². The number of ether oxygens (including phenoxy) is 1. The second-order valence-electron chi connectivity index (χ2n) is 4.57. The molecular weight excluding hydrogens is 242 g/mol. The molecule has 3 rings (SSSR count). The number of hydrogen-bond acceptors (Lipinski definition) is 4. The lowest BCUT2D eigenvalue weighted by atomic mass is 10.3. The molecule has 1 N–H and O–H groups in total. The predicted molar refractivity (Wildman–Crippen MR) is 62.3 cm³/mol. The van der Waals surface area contributed by atoms with E-state index in [2.05, 4.69) is 9.82 Å². The SMILES string of the molecule is O=S(=O)(Nc1cnn([C@H]2CCOC2)c1)C1CC1. The summed E-state index contributed by atoms with van der Waals surface area (Å²) in [5, 5.41) is 3.96. The Hall–Kier alpha value is -1.08. The molecule has 0 bridgehead atoms. The van der Waals surface area contributed by atoms with Crippen LogP contribution in [-0.4, -0.2) is 36.7 Å². The molecule has 94 valence electrons. The van der Waals surface area contributed by atoms with E-state index in [0.29, 0.717) is 12.3 Å². The Morgan fingerprint density at radius 2 is 2.24 bits per heavy atom. The van der Waals surface area contributed by atoms with E-state index in [1.54, 1.807) is 17.1 Å². The largest absolute Gasteiger partial charge is 0.379 e. The van der Waals surface area contributed by atoms with Crippen LogP contribution < -0.4 is 4.72 Å². The Bertz CT molecular complexity index is 501. The van der Waals surface area contributed by atoms with Gasteiger partial charge in [-0.25, -0.2) is 8.42 Å². The fourth-order valence-electron chi connectivity index (χ4n) is 1.95. The summed E-state index contributed by atoms with van der Waals surface area (Å²) in [4.78, 5) is 0. The van der Waals surface area contributed by atoms with Gasteiger partial charge in [-0.15, -0.1) is 0 Å². The molecule has 17 heavy (non-hydrogen) atoms. The van der Waals surface area contributed by atoms with Crippen LogP contribution >= 0.6 is 0 Å². The first-order valence-electron chi connectivity index (χ1n) is 5.79. The van der Waals surface area contributed by atoms with Crippen molar-refractivity contribution < 1.29 is 13.2 Å². The normalized spacial score (nSPS) is 25.1. The Kier molecular flexibility index (Phi) is 2.59. The minimum atomic E-state index is -3.18. The van der Waals surface area contributed by atoms with Crippen molar-refractivity contribution in [2.45, 2.75) is 30.6 Å². The van der Waals surface area contributed by atoms with Gasteiger partial charge in [-0.1, -0.05) is 0 Å². The van der Waals surface area contributed by atoms with Crippen LogP contribution in [0.1, 0.15) is 25.3 Å². The third-order valence-corrected chi connectivity index (χ3v) is 4.97. The first-order chi connectivity index (χ1) is 8.15. The number of anilines is 1. The molecule has 2 aliphatic rings. The quantitative estimate of drug-likeness (QED) is 0.863. The zero-order chi connectivity index (χ0) is 11.9. The molecule has 1 saturated heterocycles. The van der Waals surface area contributed by atoms with Gasteiger partial charge < -0.3 is 4.74 Å². The Morgan fingerprint density at radius 3 is 2.88 bits per heavy atom. The highest BCUT2D eigenvalue weighted by Crippen LogP contribution is 2.30. The third kappa shape index (κ3) is 2.30. The molecule has 2 fully saturated rings. The molecule has 1 saturated carbocycles. The minimum Gasteiger partial charge on any atom is -0.379 e. The van der Waals surface area contributed by atoms with E-state index >= 15 is 0 Å². The van der Waals surface area contributed by atoms with Crippen molar-refractivity contribution in [3.05, 3.63) is 12.4 Å². The summed E-state index contributed by atoms with van der Waals surface area (Å²) in [7, 11) is -3.18. The molecule has 0 amide bonds. The highest BCUT2D eigenvalue weighted by molar-refractivity contribution is 7.93. The summed E-state index contributed by atoms with van der Waals surface area (Å²) in [6.45, 7) is 1.39. The van der Waals surface area contributed by atoms with Gasteiger partial charge in [0.25, 0.3) is 0 Å². The lowest BCUT2D eigenvalue weighted by Crippen LogP contribution is -2.17. The van der Waals surface area contributed by atoms with E-state index in [0.717, 1.165) is 25.9 Å². The van der Waals surface area contributed by atoms with Crippen LogP contribution in [0.15, 0.2) is 12.4 Å². The van der Waals surface area contributed by atoms with Crippen LogP contribution in [0, 0.1) is 0 Å². The number of hydrogen-bond donors (Lipinski definition) is 1. The summed E-state index contributed by atoms with van der Waals surface area (Å²) >= 11 is 0. The van der Waals surface area contributed by atoms with Gasteiger partial charge in [0.2, 0.25) is 10.0 Å². The number of rotatable bonds is 4. The zero-order valence-corrected chi connectivity index (χ0v) is 10.2. The van der Waals surface area contributed by atoms with E-state index in [9.17, 15) is 8.42 Å². The summed E-state index contributed by atoms with van der Waals surface area (Å²) in [5.74, 6) is 0. The number of sulfonamides is 1. The molecule has 1 aliphatic carbocycles. The van der Waals surface area contributed by atoms with Crippen molar-refractivity contribution in [3.8, 4) is 0 Å². The van der Waals surface area contributed by atoms with Crippen molar-refractivity contribution in [1.82, 2.24) is 9.78 Å². The molecule has 7 heteroatoms. The minimum absolute atomic E-state index is 0.208. The topological polar surface area (TPSA) is 73.2 Å². The van der Waals surface area contributed by atoms with Crippen LogP contribution in [0.5, 0.6) is 0 Å². The smallest absolute Gasteiger partial charge is 0.235 e. The Morgan fingerprint density at radius 1 is 1.41 bits per heavy atom. The fraction of sp³-hybridized carbons (Fsp3) is 0.700. The molecule has 0 spiro atoms. The standard InChI is InChI=1S/C10H15N3O3S/c14-17(15,10-1-2-10)12-8-5-11-13(6-8)9-3-4-16-7-9/h5-6,9-10,12H,1-4,7H2/t9-/m0/s1. The number of aromatic nitrogens is 2. The van der Waals surface area contributed by atoms with Crippen molar-refractivity contribution in [1.29, 1.82) is 0 Å². The Balaban J connectivity index is 1.71. The number of nitrogens with one attached hydrogen (secondary N) is 1. The fourth-order valence-corrected chi connectivity index (χ4v) is 3.30. The monoisotopic (exact) mass is 257 g/mol.